The van der Waals surface area contributed by atoms with Gasteiger partial charge in [0.05, 0.1) is 12.2 Å². The summed E-state index contributed by atoms with van der Waals surface area (Å²) in [4.78, 5) is 51.5. The molecule has 1 saturated heterocycles. The zero-order valence-electron chi connectivity index (χ0n) is 13.9. The third kappa shape index (κ3) is 4.32. The van der Waals surface area contributed by atoms with Crippen molar-refractivity contribution >= 4 is 30.1 Å². The average molecular weight is 346 g/mol. The molecule has 1 radical (unpaired) electrons. The third-order valence-electron chi connectivity index (χ3n) is 3.70. The summed E-state index contributed by atoms with van der Waals surface area (Å²) in [7, 11) is 1.33. The van der Waals surface area contributed by atoms with Crippen LogP contribution >= 0.6 is 0 Å². The fourth-order valence-corrected chi connectivity index (χ4v) is 2.42. The number of imide groups is 2. The highest BCUT2D eigenvalue weighted by molar-refractivity contribution is 6.17. The predicted molar refractivity (Wildman–Crippen MR) is 91.0 cm³/mol. The molecule has 0 unspecified atom stereocenters. The maximum Gasteiger partial charge on any atom is 0.341 e. The largest absolute Gasteiger partial charge is 0.341 e. The van der Waals surface area contributed by atoms with E-state index in [4.69, 9.17) is 0 Å². The van der Waals surface area contributed by atoms with Gasteiger partial charge in [-0.05, 0) is 12.1 Å². The van der Waals surface area contributed by atoms with Crippen molar-refractivity contribution in [2.75, 3.05) is 44.7 Å². The Morgan fingerprint density at radius 1 is 1.20 bits per heavy atom. The zero-order chi connectivity index (χ0) is 18.2. The van der Waals surface area contributed by atoms with Crippen LogP contribution in [-0.2, 0) is 4.79 Å². The van der Waals surface area contributed by atoms with Crippen LogP contribution in [0.5, 0.6) is 0 Å². The lowest BCUT2D eigenvalue weighted by molar-refractivity contribution is 0.184. The Labute approximate surface area is 145 Å². The van der Waals surface area contributed by atoms with E-state index < -0.39 is 24.6 Å². The summed E-state index contributed by atoms with van der Waals surface area (Å²) in [5.74, 6) is 0. The molecule has 1 aliphatic rings. The number of amides is 6. The quantitative estimate of drug-likeness (QED) is 0.824. The zero-order valence-corrected chi connectivity index (χ0v) is 13.9. The summed E-state index contributed by atoms with van der Waals surface area (Å²) in [6.07, 6.45) is 1.52. The van der Waals surface area contributed by atoms with Crippen molar-refractivity contribution in [2.45, 2.75) is 0 Å². The summed E-state index contributed by atoms with van der Waals surface area (Å²) in [6.45, 7) is 1.54. The van der Waals surface area contributed by atoms with E-state index in [1.165, 1.54) is 18.2 Å². The second kappa shape index (κ2) is 8.78. The fraction of sp³-hybridized carbons (Fsp3) is 0.375. The van der Waals surface area contributed by atoms with Gasteiger partial charge in [0.1, 0.15) is 0 Å². The van der Waals surface area contributed by atoms with Crippen molar-refractivity contribution < 1.29 is 19.2 Å². The van der Waals surface area contributed by atoms with Crippen LogP contribution in [0, 0.1) is 0 Å². The number of rotatable bonds is 3. The number of nitrogens with zero attached hydrogens (tertiary/aromatic N) is 3. The molecule has 0 aliphatic carbocycles. The smallest absolute Gasteiger partial charge is 0.341 e. The number of para-hydroxylation sites is 1. The molecule has 1 aromatic carbocycles. The molecular weight excluding hydrogens is 326 g/mol. The lowest BCUT2D eigenvalue weighted by Gasteiger charge is -2.34. The molecule has 1 heterocycles. The maximum atomic E-state index is 12.9. The van der Waals surface area contributed by atoms with Crippen molar-refractivity contribution in [1.82, 2.24) is 20.4 Å². The molecule has 0 bridgehead atoms. The van der Waals surface area contributed by atoms with Gasteiger partial charge >= 0.3 is 18.1 Å². The summed E-state index contributed by atoms with van der Waals surface area (Å²) in [5, 5.41) is 5.41. The van der Waals surface area contributed by atoms with Crippen LogP contribution < -0.4 is 15.5 Å². The maximum absolute atomic E-state index is 12.9. The summed E-state index contributed by atoms with van der Waals surface area (Å²) in [5.41, 5.74) is 0.316. The van der Waals surface area contributed by atoms with Gasteiger partial charge in [-0.1, -0.05) is 18.2 Å². The minimum atomic E-state index is -0.905. The van der Waals surface area contributed by atoms with Crippen LogP contribution in [0.2, 0.25) is 0 Å². The lowest BCUT2D eigenvalue weighted by atomic mass is 10.3. The first-order valence-corrected chi connectivity index (χ1v) is 7.83. The van der Waals surface area contributed by atoms with Gasteiger partial charge in [-0.3, -0.25) is 4.79 Å². The Kier molecular flexibility index (Phi) is 6.47. The van der Waals surface area contributed by atoms with E-state index in [0.717, 1.165) is 4.90 Å². The van der Waals surface area contributed by atoms with Crippen LogP contribution in [-0.4, -0.2) is 74.0 Å². The molecule has 9 nitrogen and oxygen atoms in total. The molecule has 2 N–H and O–H groups in total. The lowest BCUT2D eigenvalue weighted by Crippen LogP contribution is -2.57. The predicted octanol–water partition coefficient (Wildman–Crippen LogP) is 0.389. The van der Waals surface area contributed by atoms with Crippen LogP contribution in [0.4, 0.5) is 20.1 Å². The summed E-state index contributed by atoms with van der Waals surface area (Å²) in [6, 6.07) is 6.04. The molecule has 133 valence electrons. The Bertz CT molecular complexity index is 631. The molecule has 9 heteroatoms. The van der Waals surface area contributed by atoms with Crippen molar-refractivity contribution in [3.8, 4) is 0 Å². The number of piperazine rings is 1. The van der Waals surface area contributed by atoms with Crippen molar-refractivity contribution in [3.05, 3.63) is 30.3 Å². The molecule has 1 fully saturated rings. The Morgan fingerprint density at radius 2 is 1.84 bits per heavy atom. The molecule has 1 aliphatic heterocycles. The van der Waals surface area contributed by atoms with E-state index in [2.05, 4.69) is 10.6 Å². The average Bonchev–Trinajstić information content (AvgIpc) is 2.67. The van der Waals surface area contributed by atoms with Gasteiger partial charge in [0.15, 0.2) is 0 Å². The number of anilines is 1. The first-order chi connectivity index (χ1) is 12.1. The third-order valence-corrected chi connectivity index (χ3v) is 3.70. The van der Waals surface area contributed by atoms with E-state index in [-0.39, 0.29) is 0 Å². The highest BCUT2D eigenvalue weighted by Gasteiger charge is 2.34. The minimum absolute atomic E-state index is 0.316. The standard InChI is InChI=1S/C16H20N5O4/c1-17-14(23)20(11-12-22)16(25)21(13-5-3-2-4-6-13)15(24)19-9-7-18-8-10-19/h2-6,18H,7-11H2,1H3,(H,17,23). The van der Waals surface area contributed by atoms with Crippen LogP contribution in [0.15, 0.2) is 30.3 Å². The van der Waals surface area contributed by atoms with Crippen LogP contribution in [0.1, 0.15) is 0 Å². The van der Waals surface area contributed by atoms with Crippen molar-refractivity contribution in [1.29, 1.82) is 0 Å². The number of hydrogen-bond acceptors (Lipinski definition) is 5. The molecule has 2 rings (SSSR count). The number of carbonyl (C=O) groups excluding carboxylic acids is 4. The highest BCUT2D eigenvalue weighted by Crippen LogP contribution is 2.18. The normalized spacial score (nSPS) is 13.7. The van der Waals surface area contributed by atoms with E-state index in [9.17, 15) is 19.2 Å². The van der Waals surface area contributed by atoms with Gasteiger partial charge in [-0.15, -0.1) is 0 Å². The van der Waals surface area contributed by atoms with Gasteiger partial charge < -0.3 is 15.5 Å². The number of urea groups is 3. The van der Waals surface area contributed by atoms with E-state index >= 15 is 0 Å². The van der Waals surface area contributed by atoms with Gasteiger partial charge in [0, 0.05) is 33.2 Å². The topological polar surface area (TPSA) is 102 Å². The van der Waals surface area contributed by atoms with E-state index in [1.54, 1.807) is 30.3 Å². The molecule has 0 saturated carbocycles. The van der Waals surface area contributed by atoms with E-state index in [1.807, 2.05) is 0 Å². The van der Waals surface area contributed by atoms with Crippen molar-refractivity contribution in [3.63, 3.8) is 0 Å². The SMILES string of the molecule is CNC(=O)N(C[C]=O)C(=O)N(C(=O)N1CCNCC1)c1ccccc1. The number of carbonyl (C=O) groups is 3. The molecule has 0 spiro atoms. The number of benzene rings is 1. The molecular formula is C16H20N5O4. The fourth-order valence-electron chi connectivity index (χ4n) is 2.42. The van der Waals surface area contributed by atoms with Crippen LogP contribution in [0.3, 0.4) is 0 Å². The molecule has 0 aromatic heterocycles. The van der Waals surface area contributed by atoms with Crippen LogP contribution in [0.25, 0.3) is 0 Å². The summed E-state index contributed by atoms with van der Waals surface area (Å²) >= 11 is 0. The molecule has 0 atom stereocenters. The number of nitrogens with one attached hydrogen (secondary N) is 2. The Morgan fingerprint density at radius 3 is 2.40 bits per heavy atom. The number of hydrogen-bond donors (Lipinski definition) is 2. The monoisotopic (exact) mass is 346 g/mol. The Hall–Kier alpha value is -2.94. The van der Waals surface area contributed by atoms with Gasteiger partial charge in [0.2, 0.25) is 6.29 Å². The van der Waals surface area contributed by atoms with E-state index in [0.29, 0.717) is 36.8 Å². The summed E-state index contributed by atoms with van der Waals surface area (Å²) < 4.78 is 0. The second-order valence-corrected chi connectivity index (χ2v) is 5.26. The van der Waals surface area contributed by atoms with Gasteiger partial charge in [-0.25, -0.2) is 24.2 Å². The second-order valence-electron chi connectivity index (χ2n) is 5.26. The first-order valence-electron chi connectivity index (χ1n) is 7.83. The first kappa shape index (κ1) is 18.4. The minimum Gasteiger partial charge on any atom is -0.341 e. The highest BCUT2D eigenvalue weighted by atomic mass is 16.2. The molecule has 1 aromatic rings. The Balaban J connectivity index is 2.36. The molecule has 25 heavy (non-hydrogen) atoms. The molecule has 6 amide bonds. The van der Waals surface area contributed by atoms with Gasteiger partial charge in [-0.2, -0.15) is 0 Å². The van der Waals surface area contributed by atoms with Crippen molar-refractivity contribution in [2.24, 2.45) is 0 Å². The van der Waals surface area contributed by atoms with Gasteiger partial charge in [0.25, 0.3) is 0 Å².